The van der Waals surface area contributed by atoms with Gasteiger partial charge in [0.2, 0.25) is 0 Å². The fourth-order valence-corrected chi connectivity index (χ4v) is 1.71. The van der Waals surface area contributed by atoms with E-state index in [0.717, 1.165) is 25.1 Å². The number of nitrogens with one attached hydrogen (secondary N) is 2. The third-order valence-corrected chi connectivity index (χ3v) is 2.78. The van der Waals surface area contributed by atoms with Crippen molar-refractivity contribution in [2.75, 3.05) is 13.1 Å². The average Bonchev–Trinajstić information content (AvgIpc) is 2.99. The molecule has 1 aliphatic rings. The van der Waals surface area contributed by atoms with Crippen molar-refractivity contribution in [1.82, 2.24) is 10.6 Å². The van der Waals surface area contributed by atoms with E-state index in [9.17, 15) is 4.79 Å². The SMILES string of the molecule is O=C(N[C@@H]1CCNC1)OCc1ccccc1.O=C(O)C(=O)O. The summed E-state index contributed by atoms with van der Waals surface area (Å²) in [6.45, 7) is 2.12. The molecular weight excluding hydrogens is 292 g/mol. The molecule has 120 valence electrons. The summed E-state index contributed by atoms with van der Waals surface area (Å²) >= 11 is 0. The molecule has 1 fully saturated rings. The van der Waals surface area contributed by atoms with E-state index in [1.54, 1.807) is 0 Å². The van der Waals surface area contributed by atoms with Gasteiger partial charge in [0.25, 0.3) is 0 Å². The number of benzene rings is 1. The topological polar surface area (TPSA) is 125 Å². The van der Waals surface area contributed by atoms with E-state index in [4.69, 9.17) is 24.5 Å². The number of hydrogen-bond donors (Lipinski definition) is 4. The van der Waals surface area contributed by atoms with Crippen LogP contribution in [0.2, 0.25) is 0 Å². The van der Waals surface area contributed by atoms with Crippen LogP contribution < -0.4 is 10.6 Å². The van der Waals surface area contributed by atoms with Crippen LogP contribution in [-0.4, -0.2) is 47.4 Å². The molecule has 8 nitrogen and oxygen atoms in total. The molecule has 1 atom stereocenters. The van der Waals surface area contributed by atoms with Gasteiger partial charge >= 0.3 is 18.0 Å². The third kappa shape index (κ3) is 7.25. The first kappa shape index (κ1) is 17.4. The fourth-order valence-electron chi connectivity index (χ4n) is 1.71. The van der Waals surface area contributed by atoms with Gasteiger partial charge < -0.3 is 25.6 Å². The summed E-state index contributed by atoms with van der Waals surface area (Å²) in [4.78, 5) is 29.6. The molecule has 4 N–H and O–H groups in total. The standard InChI is InChI=1S/C12H16N2O2.C2H2O4/c15-12(14-11-6-7-13-8-11)16-9-10-4-2-1-3-5-10;3-1(4)2(5)6/h1-5,11,13H,6-9H2,(H,14,15);(H,3,4)(H,5,6)/t11-;/m1./s1. The number of amides is 1. The molecule has 2 rings (SSSR count). The summed E-state index contributed by atoms with van der Waals surface area (Å²) in [5.41, 5.74) is 1.00. The maximum atomic E-state index is 11.4. The zero-order chi connectivity index (χ0) is 16.4. The fraction of sp³-hybridized carbons (Fsp3) is 0.357. The van der Waals surface area contributed by atoms with Crippen molar-refractivity contribution in [3.8, 4) is 0 Å². The van der Waals surface area contributed by atoms with Gasteiger partial charge in [-0.3, -0.25) is 0 Å². The smallest absolute Gasteiger partial charge is 0.414 e. The summed E-state index contributed by atoms with van der Waals surface area (Å²) in [5.74, 6) is -3.65. The van der Waals surface area contributed by atoms with Crippen molar-refractivity contribution in [1.29, 1.82) is 0 Å². The van der Waals surface area contributed by atoms with Crippen molar-refractivity contribution in [2.24, 2.45) is 0 Å². The summed E-state index contributed by atoms with van der Waals surface area (Å²) in [7, 11) is 0. The monoisotopic (exact) mass is 310 g/mol. The van der Waals surface area contributed by atoms with Crippen LogP contribution in [0.5, 0.6) is 0 Å². The minimum absolute atomic E-state index is 0.211. The molecule has 1 aliphatic heterocycles. The maximum absolute atomic E-state index is 11.4. The van der Waals surface area contributed by atoms with E-state index in [-0.39, 0.29) is 12.1 Å². The van der Waals surface area contributed by atoms with Crippen LogP contribution >= 0.6 is 0 Å². The molecule has 1 saturated heterocycles. The first-order chi connectivity index (χ1) is 10.5. The predicted molar refractivity (Wildman–Crippen MR) is 76.3 cm³/mol. The number of ether oxygens (including phenoxy) is 1. The molecule has 0 spiro atoms. The van der Waals surface area contributed by atoms with Crippen molar-refractivity contribution in [2.45, 2.75) is 19.1 Å². The maximum Gasteiger partial charge on any atom is 0.414 e. The Hall–Kier alpha value is -2.61. The second-order valence-electron chi connectivity index (χ2n) is 4.51. The third-order valence-electron chi connectivity index (χ3n) is 2.78. The van der Waals surface area contributed by atoms with E-state index >= 15 is 0 Å². The highest BCUT2D eigenvalue weighted by atomic mass is 16.5. The predicted octanol–water partition coefficient (Wildman–Crippen LogP) is 0.430. The van der Waals surface area contributed by atoms with E-state index in [1.807, 2.05) is 30.3 Å². The van der Waals surface area contributed by atoms with Crippen molar-refractivity contribution in [3.63, 3.8) is 0 Å². The van der Waals surface area contributed by atoms with Crippen molar-refractivity contribution < 1.29 is 29.3 Å². The molecule has 1 amide bonds. The summed E-state index contributed by atoms with van der Waals surface area (Å²) < 4.78 is 5.11. The van der Waals surface area contributed by atoms with Gasteiger partial charge in [-0.05, 0) is 18.5 Å². The molecule has 22 heavy (non-hydrogen) atoms. The van der Waals surface area contributed by atoms with Crippen LogP contribution in [0.15, 0.2) is 30.3 Å². The highest BCUT2D eigenvalue weighted by molar-refractivity contribution is 6.27. The van der Waals surface area contributed by atoms with Crippen LogP contribution in [0, 0.1) is 0 Å². The van der Waals surface area contributed by atoms with Gasteiger partial charge in [0, 0.05) is 12.6 Å². The molecule has 0 aromatic heterocycles. The Morgan fingerprint density at radius 1 is 1.18 bits per heavy atom. The Morgan fingerprint density at radius 2 is 1.82 bits per heavy atom. The Kier molecular flexibility index (Phi) is 7.41. The first-order valence-corrected chi connectivity index (χ1v) is 6.63. The van der Waals surface area contributed by atoms with Gasteiger partial charge in [0.15, 0.2) is 0 Å². The second-order valence-corrected chi connectivity index (χ2v) is 4.51. The second kappa shape index (κ2) is 9.35. The van der Waals surface area contributed by atoms with Gasteiger partial charge in [-0.2, -0.15) is 0 Å². The number of rotatable bonds is 3. The molecule has 0 aliphatic carbocycles. The summed E-state index contributed by atoms with van der Waals surface area (Å²) in [6.07, 6.45) is 0.637. The quantitative estimate of drug-likeness (QED) is 0.597. The minimum Gasteiger partial charge on any atom is -0.473 e. The zero-order valence-electron chi connectivity index (χ0n) is 11.8. The average molecular weight is 310 g/mol. The van der Waals surface area contributed by atoms with E-state index in [2.05, 4.69) is 10.6 Å². The normalized spacial score (nSPS) is 16.1. The highest BCUT2D eigenvalue weighted by Gasteiger charge is 2.16. The van der Waals surface area contributed by atoms with Gasteiger partial charge in [0.1, 0.15) is 6.61 Å². The Bertz CT molecular complexity index is 487. The highest BCUT2D eigenvalue weighted by Crippen LogP contribution is 2.02. The van der Waals surface area contributed by atoms with Gasteiger partial charge in [-0.1, -0.05) is 30.3 Å². The minimum atomic E-state index is -1.82. The molecule has 1 aromatic rings. The lowest BCUT2D eigenvalue weighted by Crippen LogP contribution is -2.36. The number of carboxylic acid groups (broad SMARTS) is 2. The number of carbonyl (C=O) groups is 3. The van der Waals surface area contributed by atoms with Gasteiger partial charge in [0.05, 0.1) is 0 Å². The molecule has 0 bridgehead atoms. The number of aliphatic carboxylic acids is 2. The number of hydrogen-bond acceptors (Lipinski definition) is 5. The first-order valence-electron chi connectivity index (χ1n) is 6.63. The molecule has 1 heterocycles. The number of alkyl carbamates (subject to hydrolysis) is 1. The summed E-state index contributed by atoms with van der Waals surface area (Å²) in [6, 6.07) is 9.88. The lowest BCUT2D eigenvalue weighted by molar-refractivity contribution is -0.159. The molecular formula is C14H18N2O6. The molecule has 0 radical (unpaired) electrons. The molecule has 0 unspecified atom stereocenters. The van der Waals surface area contributed by atoms with Gasteiger partial charge in [-0.15, -0.1) is 0 Å². The zero-order valence-corrected chi connectivity index (χ0v) is 11.8. The Labute approximate surface area is 127 Å². The van der Waals surface area contributed by atoms with E-state index < -0.39 is 11.9 Å². The van der Waals surface area contributed by atoms with Crippen LogP contribution in [0.3, 0.4) is 0 Å². The van der Waals surface area contributed by atoms with Crippen LogP contribution in [0.25, 0.3) is 0 Å². The van der Waals surface area contributed by atoms with Gasteiger partial charge in [-0.25, -0.2) is 14.4 Å². The summed E-state index contributed by atoms with van der Waals surface area (Å²) in [5, 5.41) is 20.8. The van der Waals surface area contributed by atoms with Crippen LogP contribution in [0.1, 0.15) is 12.0 Å². The van der Waals surface area contributed by atoms with Crippen molar-refractivity contribution in [3.05, 3.63) is 35.9 Å². The lowest BCUT2D eigenvalue weighted by Gasteiger charge is -2.11. The number of carboxylic acids is 2. The lowest BCUT2D eigenvalue weighted by atomic mass is 10.2. The van der Waals surface area contributed by atoms with E-state index in [0.29, 0.717) is 6.61 Å². The van der Waals surface area contributed by atoms with E-state index in [1.165, 1.54) is 0 Å². The molecule has 1 aromatic carbocycles. The van der Waals surface area contributed by atoms with Crippen LogP contribution in [-0.2, 0) is 20.9 Å². The van der Waals surface area contributed by atoms with Crippen molar-refractivity contribution >= 4 is 18.0 Å². The number of carbonyl (C=O) groups excluding carboxylic acids is 1. The van der Waals surface area contributed by atoms with Crippen LogP contribution in [0.4, 0.5) is 4.79 Å². The molecule has 0 saturated carbocycles. The molecule has 8 heteroatoms. The largest absolute Gasteiger partial charge is 0.473 e. The Balaban J connectivity index is 0.000000346. The Morgan fingerprint density at radius 3 is 2.32 bits per heavy atom.